The third-order valence-corrected chi connectivity index (χ3v) is 6.01. The van der Waals surface area contributed by atoms with Gasteiger partial charge >= 0.3 is 0 Å². The maximum absolute atomic E-state index is 6.00. The minimum Gasteiger partial charge on any atom is -0.458 e. The summed E-state index contributed by atoms with van der Waals surface area (Å²) in [4.78, 5) is 5.12. The highest BCUT2D eigenvalue weighted by Crippen LogP contribution is 2.35. The number of nitrogens with zero attached hydrogens (tertiary/aromatic N) is 3. The van der Waals surface area contributed by atoms with E-state index in [4.69, 9.17) is 4.74 Å². The van der Waals surface area contributed by atoms with Gasteiger partial charge in [-0.25, -0.2) is 0 Å². The first-order valence-electron chi connectivity index (χ1n) is 9.83. The number of ether oxygens (including phenoxy) is 1. The summed E-state index contributed by atoms with van der Waals surface area (Å²) >= 11 is 0. The van der Waals surface area contributed by atoms with Crippen LogP contribution in [0.5, 0.6) is 5.75 Å². The Kier molecular flexibility index (Phi) is 4.23. The summed E-state index contributed by atoms with van der Waals surface area (Å²) in [7, 11) is 0. The zero-order chi connectivity index (χ0) is 18.1. The number of benzene rings is 2. The summed E-state index contributed by atoms with van der Waals surface area (Å²) in [6.07, 6.45) is 6.50. The lowest BCUT2D eigenvalue weighted by Gasteiger charge is -2.42. The van der Waals surface area contributed by atoms with Gasteiger partial charge in [0.15, 0.2) is 12.0 Å². The molecule has 1 unspecified atom stereocenters. The van der Waals surface area contributed by atoms with E-state index in [1.165, 1.54) is 16.9 Å². The molecular formula is C23H26N3O+. The van der Waals surface area contributed by atoms with Gasteiger partial charge < -0.3 is 9.64 Å². The summed E-state index contributed by atoms with van der Waals surface area (Å²) in [6, 6.07) is 19.2. The smallest absolute Gasteiger partial charge is 0.169 e. The molecule has 2 aromatic rings. The van der Waals surface area contributed by atoms with E-state index in [1.807, 2.05) is 6.26 Å². The molecule has 1 fully saturated rings. The molecule has 138 valence electrons. The van der Waals surface area contributed by atoms with E-state index in [-0.39, 0.29) is 0 Å². The molecule has 1 saturated heterocycles. The van der Waals surface area contributed by atoms with Crippen LogP contribution in [0.25, 0.3) is 0 Å². The van der Waals surface area contributed by atoms with Gasteiger partial charge in [-0.05, 0) is 30.3 Å². The molecule has 4 nitrogen and oxygen atoms in total. The minimum atomic E-state index is 0.947. The van der Waals surface area contributed by atoms with Crippen molar-refractivity contribution in [2.24, 2.45) is 0 Å². The van der Waals surface area contributed by atoms with Crippen molar-refractivity contribution in [3.05, 3.63) is 84.3 Å². The van der Waals surface area contributed by atoms with Crippen LogP contribution in [-0.4, -0.2) is 48.8 Å². The van der Waals surface area contributed by atoms with Crippen molar-refractivity contribution in [3.63, 3.8) is 0 Å². The van der Waals surface area contributed by atoms with Crippen LogP contribution in [0.3, 0.4) is 0 Å². The van der Waals surface area contributed by atoms with Crippen LogP contribution in [0.1, 0.15) is 5.56 Å². The molecule has 1 atom stereocenters. The normalized spacial score (nSPS) is 24.6. The second-order valence-electron chi connectivity index (χ2n) is 7.74. The number of allylic oxidation sites excluding steroid dienone is 1. The summed E-state index contributed by atoms with van der Waals surface area (Å²) < 4.78 is 6.94. The number of quaternary nitrogens is 1. The Morgan fingerprint density at radius 2 is 1.67 bits per heavy atom. The number of hydrogen-bond acceptors (Lipinski definition) is 3. The Balaban J connectivity index is 1.31. The third kappa shape index (κ3) is 3.15. The quantitative estimate of drug-likeness (QED) is 0.778. The van der Waals surface area contributed by atoms with E-state index < -0.39 is 0 Å². The molecule has 0 amide bonds. The summed E-state index contributed by atoms with van der Waals surface area (Å²) in [6.45, 7) is 7.46. The number of anilines is 1. The summed E-state index contributed by atoms with van der Waals surface area (Å²) in [5.41, 5.74) is 3.93. The van der Waals surface area contributed by atoms with Crippen LogP contribution in [0.4, 0.5) is 5.69 Å². The Hall–Kier alpha value is -2.56. The minimum absolute atomic E-state index is 0.947. The van der Waals surface area contributed by atoms with Gasteiger partial charge in [-0.3, -0.25) is 9.38 Å². The molecule has 4 heteroatoms. The first kappa shape index (κ1) is 16.6. The maximum atomic E-state index is 6.00. The van der Waals surface area contributed by atoms with Crippen molar-refractivity contribution in [2.75, 3.05) is 44.3 Å². The van der Waals surface area contributed by atoms with E-state index in [9.17, 15) is 0 Å². The fourth-order valence-corrected chi connectivity index (χ4v) is 4.50. The zero-order valence-corrected chi connectivity index (χ0v) is 15.6. The molecule has 3 aliphatic rings. The topological polar surface area (TPSA) is 15.7 Å². The highest BCUT2D eigenvalue weighted by atomic mass is 16.5. The van der Waals surface area contributed by atoms with Gasteiger partial charge in [0.25, 0.3) is 0 Å². The van der Waals surface area contributed by atoms with Crippen LogP contribution >= 0.6 is 0 Å². The molecule has 0 N–H and O–H groups in total. The van der Waals surface area contributed by atoms with Gasteiger partial charge in [0.1, 0.15) is 25.5 Å². The van der Waals surface area contributed by atoms with Gasteiger partial charge in [0.05, 0.1) is 0 Å². The van der Waals surface area contributed by atoms with Crippen LogP contribution in [0, 0.1) is 0 Å². The molecule has 0 bridgehead atoms. The lowest BCUT2D eigenvalue weighted by molar-refractivity contribution is -0.903. The van der Waals surface area contributed by atoms with E-state index in [0.29, 0.717) is 0 Å². The largest absolute Gasteiger partial charge is 0.458 e. The van der Waals surface area contributed by atoms with Gasteiger partial charge in [0.2, 0.25) is 0 Å². The van der Waals surface area contributed by atoms with Crippen LogP contribution < -0.4 is 9.64 Å². The molecule has 5 rings (SSSR count). The fourth-order valence-electron chi connectivity index (χ4n) is 4.50. The van der Waals surface area contributed by atoms with Crippen molar-refractivity contribution in [3.8, 4) is 5.75 Å². The molecule has 3 aliphatic heterocycles. The highest BCUT2D eigenvalue weighted by Gasteiger charge is 2.39. The SMILES string of the molecule is C1=CC2=COc3ccccc3C[N+]2(CN2CCN(c3ccccc3)CC2)C1. The van der Waals surface area contributed by atoms with Crippen molar-refractivity contribution >= 4 is 5.69 Å². The standard InChI is InChI=1S/C23H26N3O/c1-2-8-21(9-3-1)25-14-12-24(13-15-25)19-26-16-6-10-22(26)18-27-23-11-5-4-7-20(23)17-26/h1-11,18H,12-17,19H2/q+1. The number of rotatable bonds is 3. The number of piperazine rings is 1. The molecule has 27 heavy (non-hydrogen) atoms. The van der Waals surface area contributed by atoms with E-state index >= 15 is 0 Å². The average molecular weight is 360 g/mol. The average Bonchev–Trinajstić information content (AvgIpc) is 3.03. The molecular weight excluding hydrogens is 334 g/mol. The predicted molar refractivity (Wildman–Crippen MR) is 108 cm³/mol. The molecule has 0 aliphatic carbocycles. The molecule has 2 aromatic carbocycles. The van der Waals surface area contributed by atoms with E-state index in [0.717, 1.165) is 56.2 Å². The highest BCUT2D eigenvalue weighted by molar-refractivity contribution is 5.46. The second kappa shape index (κ2) is 6.87. The fraction of sp³-hybridized carbons (Fsp3) is 0.304. The number of hydrogen-bond donors (Lipinski definition) is 0. The van der Waals surface area contributed by atoms with Gasteiger partial charge in [-0.1, -0.05) is 30.3 Å². The monoisotopic (exact) mass is 360 g/mol. The van der Waals surface area contributed by atoms with Gasteiger partial charge in [0, 0.05) is 43.5 Å². The Bertz CT molecular complexity index is 868. The van der Waals surface area contributed by atoms with Crippen LogP contribution in [0.15, 0.2) is 78.7 Å². The van der Waals surface area contributed by atoms with Crippen LogP contribution in [0.2, 0.25) is 0 Å². The first-order valence-corrected chi connectivity index (χ1v) is 9.83. The third-order valence-electron chi connectivity index (χ3n) is 6.01. The molecule has 0 spiro atoms. The first-order chi connectivity index (χ1) is 13.3. The molecule has 0 saturated carbocycles. The number of fused-ring (bicyclic) bond motifs is 2. The second-order valence-corrected chi connectivity index (χ2v) is 7.74. The van der Waals surface area contributed by atoms with Crippen molar-refractivity contribution in [1.29, 1.82) is 0 Å². The van der Waals surface area contributed by atoms with Crippen molar-refractivity contribution < 1.29 is 9.22 Å². The lowest BCUT2D eigenvalue weighted by atomic mass is 10.1. The van der Waals surface area contributed by atoms with Crippen LogP contribution in [-0.2, 0) is 6.54 Å². The summed E-state index contributed by atoms with van der Waals surface area (Å²) in [5.74, 6) is 0.999. The maximum Gasteiger partial charge on any atom is 0.169 e. The van der Waals surface area contributed by atoms with E-state index in [2.05, 4.69) is 76.5 Å². The molecule has 3 heterocycles. The molecule has 0 radical (unpaired) electrons. The Morgan fingerprint density at radius 3 is 2.52 bits per heavy atom. The van der Waals surface area contributed by atoms with E-state index in [1.54, 1.807) is 0 Å². The van der Waals surface area contributed by atoms with Gasteiger partial charge in [-0.2, -0.15) is 0 Å². The zero-order valence-electron chi connectivity index (χ0n) is 15.6. The van der Waals surface area contributed by atoms with Crippen molar-refractivity contribution in [1.82, 2.24) is 4.90 Å². The molecule has 0 aromatic heterocycles. The van der Waals surface area contributed by atoms with Gasteiger partial charge in [-0.15, -0.1) is 0 Å². The summed E-state index contributed by atoms with van der Waals surface area (Å²) in [5, 5.41) is 0. The van der Waals surface area contributed by atoms with Crippen molar-refractivity contribution in [2.45, 2.75) is 6.54 Å². The Morgan fingerprint density at radius 1 is 0.889 bits per heavy atom. The Labute approximate surface area is 161 Å². The number of para-hydroxylation sites is 2. The predicted octanol–water partition coefficient (Wildman–Crippen LogP) is 3.59. The lowest BCUT2D eigenvalue weighted by Crippen LogP contribution is -2.56.